The van der Waals surface area contributed by atoms with E-state index in [-0.39, 0.29) is 6.04 Å². The predicted octanol–water partition coefficient (Wildman–Crippen LogP) is 4.39. The Morgan fingerprint density at radius 2 is 1.89 bits per heavy atom. The fourth-order valence-corrected chi connectivity index (χ4v) is 2.99. The van der Waals surface area contributed by atoms with Gasteiger partial charge < -0.3 is 5.73 Å². The van der Waals surface area contributed by atoms with Gasteiger partial charge in [-0.2, -0.15) is 0 Å². The molecule has 1 aromatic rings. The van der Waals surface area contributed by atoms with Crippen LogP contribution < -0.4 is 5.73 Å². The van der Waals surface area contributed by atoms with E-state index in [9.17, 15) is 0 Å². The van der Waals surface area contributed by atoms with E-state index < -0.39 is 0 Å². The Labute approximate surface area is 111 Å². The lowest BCUT2D eigenvalue weighted by atomic mass is 9.80. The highest BCUT2D eigenvalue weighted by molar-refractivity contribution is 5.53. The zero-order valence-electron chi connectivity index (χ0n) is 11.4. The average Bonchev–Trinajstić information content (AvgIpc) is 2.46. The summed E-state index contributed by atoms with van der Waals surface area (Å²) in [7, 11) is 0. The van der Waals surface area contributed by atoms with Gasteiger partial charge in [-0.25, -0.2) is 0 Å². The lowest BCUT2D eigenvalue weighted by Gasteiger charge is -2.29. The largest absolute Gasteiger partial charge is 0.324 e. The monoisotopic (exact) mass is 243 g/mol. The van der Waals surface area contributed by atoms with Crippen molar-refractivity contribution in [3.8, 4) is 0 Å². The van der Waals surface area contributed by atoms with Gasteiger partial charge in [-0.1, -0.05) is 68.2 Å². The van der Waals surface area contributed by atoms with Crippen molar-refractivity contribution in [3.05, 3.63) is 41.5 Å². The first-order chi connectivity index (χ1) is 8.81. The predicted molar refractivity (Wildman–Crippen MR) is 79.3 cm³/mol. The Balaban J connectivity index is 2.09. The molecular weight excluding hydrogens is 218 g/mol. The van der Waals surface area contributed by atoms with Crippen LogP contribution in [0.3, 0.4) is 0 Å². The first-order valence-corrected chi connectivity index (χ1v) is 7.32. The smallest absolute Gasteiger partial charge is 0.0285 e. The minimum absolute atomic E-state index is 0.260. The van der Waals surface area contributed by atoms with Gasteiger partial charge in [0.25, 0.3) is 0 Å². The Kier molecular flexibility index (Phi) is 5.00. The lowest BCUT2D eigenvalue weighted by Crippen LogP contribution is -2.33. The van der Waals surface area contributed by atoms with Crippen LogP contribution in [0.2, 0.25) is 0 Å². The fraction of sp³-hybridized carbons (Fsp3) is 0.529. The van der Waals surface area contributed by atoms with E-state index in [1.54, 1.807) is 0 Å². The van der Waals surface area contributed by atoms with E-state index in [4.69, 9.17) is 5.73 Å². The summed E-state index contributed by atoms with van der Waals surface area (Å²) in [4.78, 5) is 0. The van der Waals surface area contributed by atoms with Crippen molar-refractivity contribution >= 4 is 6.08 Å². The summed E-state index contributed by atoms with van der Waals surface area (Å²) in [6, 6.07) is 10.8. The van der Waals surface area contributed by atoms with Gasteiger partial charge in [0.15, 0.2) is 0 Å². The Hall–Kier alpha value is -1.08. The summed E-state index contributed by atoms with van der Waals surface area (Å²) in [5.41, 5.74) is 9.17. The molecule has 1 aromatic carbocycles. The number of nitrogens with two attached hydrogens (primary N) is 1. The molecule has 1 aliphatic rings. The fourth-order valence-electron chi connectivity index (χ4n) is 2.99. The van der Waals surface area contributed by atoms with Crippen LogP contribution in [0.25, 0.3) is 6.08 Å². The van der Waals surface area contributed by atoms with E-state index in [1.807, 2.05) is 0 Å². The molecule has 1 aliphatic carbocycles. The van der Waals surface area contributed by atoms with E-state index in [1.165, 1.54) is 43.2 Å². The highest BCUT2D eigenvalue weighted by Crippen LogP contribution is 2.29. The van der Waals surface area contributed by atoms with Crippen LogP contribution in [0.4, 0.5) is 0 Å². The van der Waals surface area contributed by atoms with Gasteiger partial charge in [-0.05, 0) is 30.7 Å². The number of hydrogen-bond donors (Lipinski definition) is 1. The molecule has 1 nitrogen and oxygen atoms in total. The molecule has 1 fully saturated rings. The van der Waals surface area contributed by atoms with Crippen LogP contribution in [0, 0.1) is 5.92 Å². The minimum Gasteiger partial charge on any atom is -0.324 e. The maximum atomic E-state index is 6.48. The van der Waals surface area contributed by atoms with Crippen LogP contribution in [-0.4, -0.2) is 6.04 Å². The summed E-state index contributed by atoms with van der Waals surface area (Å²) in [6.07, 6.45) is 10.1. The normalized spacial score (nSPS) is 19.8. The molecule has 1 unspecified atom stereocenters. The first kappa shape index (κ1) is 13.4. The number of rotatable bonds is 4. The molecule has 0 aromatic heterocycles. The van der Waals surface area contributed by atoms with Crippen LogP contribution in [-0.2, 0) is 0 Å². The first-order valence-electron chi connectivity index (χ1n) is 7.32. The van der Waals surface area contributed by atoms with E-state index >= 15 is 0 Å². The van der Waals surface area contributed by atoms with E-state index in [2.05, 4.69) is 43.3 Å². The summed E-state index contributed by atoms with van der Waals surface area (Å²) in [5, 5.41) is 0. The molecule has 2 N–H and O–H groups in total. The minimum atomic E-state index is 0.260. The van der Waals surface area contributed by atoms with Crippen molar-refractivity contribution < 1.29 is 0 Å². The molecule has 1 saturated carbocycles. The molecule has 1 atom stereocenters. The van der Waals surface area contributed by atoms with Gasteiger partial charge in [-0.15, -0.1) is 0 Å². The van der Waals surface area contributed by atoms with E-state index in [0.717, 1.165) is 6.42 Å². The third-order valence-corrected chi connectivity index (χ3v) is 4.15. The van der Waals surface area contributed by atoms with Crippen LogP contribution in [0.1, 0.15) is 51.0 Å². The summed E-state index contributed by atoms with van der Waals surface area (Å²) in [5.74, 6) is 0.702. The van der Waals surface area contributed by atoms with Crippen molar-refractivity contribution in [1.29, 1.82) is 0 Å². The molecule has 18 heavy (non-hydrogen) atoms. The second kappa shape index (κ2) is 6.75. The zero-order chi connectivity index (χ0) is 12.8. The molecule has 0 radical (unpaired) electrons. The van der Waals surface area contributed by atoms with E-state index in [0.29, 0.717) is 5.92 Å². The Bertz CT molecular complexity index is 374. The zero-order valence-corrected chi connectivity index (χ0v) is 11.4. The molecule has 0 spiro atoms. The van der Waals surface area contributed by atoms with Crippen molar-refractivity contribution in [1.82, 2.24) is 0 Å². The molecule has 98 valence electrons. The van der Waals surface area contributed by atoms with Crippen molar-refractivity contribution in [3.63, 3.8) is 0 Å². The quantitative estimate of drug-likeness (QED) is 0.834. The van der Waals surface area contributed by atoms with Gasteiger partial charge >= 0.3 is 0 Å². The Morgan fingerprint density at radius 3 is 2.50 bits per heavy atom. The van der Waals surface area contributed by atoms with Crippen LogP contribution in [0.5, 0.6) is 0 Å². The molecular formula is C17H25N. The van der Waals surface area contributed by atoms with Crippen molar-refractivity contribution in [2.24, 2.45) is 11.7 Å². The lowest BCUT2D eigenvalue weighted by molar-refractivity contribution is 0.323. The van der Waals surface area contributed by atoms with Gasteiger partial charge in [0.05, 0.1) is 0 Å². The third kappa shape index (κ3) is 3.46. The second-order valence-corrected chi connectivity index (χ2v) is 5.41. The highest BCUT2D eigenvalue weighted by atomic mass is 14.7. The van der Waals surface area contributed by atoms with Gasteiger partial charge in [0.1, 0.15) is 0 Å². The van der Waals surface area contributed by atoms with Gasteiger partial charge in [0, 0.05) is 6.04 Å². The SMILES string of the molecule is CC/C(=C\c1ccccc1)C(N)C1CCCCC1. The topological polar surface area (TPSA) is 26.0 Å². The average molecular weight is 243 g/mol. The molecule has 0 heterocycles. The maximum absolute atomic E-state index is 6.48. The van der Waals surface area contributed by atoms with Crippen LogP contribution in [0.15, 0.2) is 35.9 Å². The van der Waals surface area contributed by atoms with Gasteiger partial charge in [0.2, 0.25) is 0 Å². The summed E-state index contributed by atoms with van der Waals surface area (Å²) in [6.45, 7) is 2.22. The standard InChI is InChI=1S/C17H25N/c1-2-15(13-14-9-5-3-6-10-14)17(18)16-11-7-4-8-12-16/h3,5-6,9-10,13,16-17H,2,4,7-8,11-12,18H2,1H3/b15-13+. The molecule has 0 aliphatic heterocycles. The second-order valence-electron chi connectivity index (χ2n) is 5.41. The summed E-state index contributed by atoms with van der Waals surface area (Å²) >= 11 is 0. The van der Waals surface area contributed by atoms with Crippen molar-refractivity contribution in [2.75, 3.05) is 0 Å². The summed E-state index contributed by atoms with van der Waals surface area (Å²) < 4.78 is 0. The molecule has 2 rings (SSSR count). The van der Waals surface area contributed by atoms with Gasteiger partial charge in [-0.3, -0.25) is 0 Å². The third-order valence-electron chi connectivity index (χ3n) is 4.15. The molecule has 0 saturated heterocycles. The van der Waals surface area contributed by atoms with Crippen molar-refractivity contribution in [2.45, 2.75) is 51.5 Å². The molecule has 0 amide bonds. The number of hydrogen-bond acceptors (Lipinski definition) is 1. The Morgan fingerprint density at radius 1 is 1.22 bits per heavy atom. The molecule has 1 heteroatoms. The molecule has 0 bridgehead atoms. The van der Waals surface area contributed by atoms with Crippen LogP contribution >= 0.6 is 0 Å². The highest BCUT2D eigenvalue weighted by Gasteiger charge is 2.22. The maximum Gasteiger partial charge on any atom is 0.0285 e. The number of benzene rings is 1.